The largest absolute Gasteiger partial charge is 0.374 e. The van der Waals surface area contributed by atoms with Crippen molar-refractivity contribution in [2.75, 3.05) is 33.3 Å². The summed E-state index contributed by atoms with van der Waals surface area (Å²) in [6.07, 6.45) is 0.383. The molecule has 0 aliphatic carbocycles. The predicted octanol–water partition coefficient (Wildman–Crippen LogP) is 0.905. The first kappa shape index (κ1) is 12.1. The van der Waals surface area contributed by atoms with Gasteiger partial charge < -0.3 is 4.74 Å². The molecule has 2 aliphatic rings. The Kier molecular flexibility index (Phi) is 3.33. The minimum absolute atomic E-state index is 0.383. The lowest BCUT2D eigenvalue weighted by Gasteiger charge is -2.33. The summed E-state index contributed by atoms with van der Waals surface area (Å²) in [5.41, 5.74) is 2.26. The van der Waals surface area contributed by atoms with Gasteiger partial charge in [-0.1, -0.05) is 6.07 Å². The summed E-state index contributed by atoms with van der Waals surface area (Å²) in [5, 5.41) is 0. The molecule has 0 spiro atoms. The number of likely N-dealkylation sites (tertiary alicyclic amines) is 1. The molecule has 0 aromatic carbocycles. The minimum atomic E-state index is 0.383. The molecule has 2 saturated heterocycles. The molecule has 98 valence electrons. The molecule has 0 bridgehead atoms. The number of nitrogens with zero attached hydrogens (tertiary/aromatic N) is 3. The van der Waals surface area contributed by atoms with Gasteiger partial charge >= 0.3 is 0 Å². The number of ether oxygens (including phenoxy) is 1. The highest BCUT2D eigenvalue weighted by molar-refractivity contribution is 5.10. The molecule has 3 rings (SSSR count). The fraction of sp³-hybridized carbons (Fsp3) is 0.643. The first-order chi connectivity index (χ1) is 8.72. The SMILES string of the molecule is Cc1cccc(CN2C[C@@H]3OCCN(C)[C@@H]3C2)n1. The predicted molar refractivity (Wildman–Crippen MR) is 70.4 cm³/mol. The van der Waals surface area contributed by atoms with Crippen LogP contribution in [-0.4, -0.2) is 60.2 Å². The van der Waals surface area contributed by atoms with Crippen LogP contribution in [0.4, 0.5) is 0 Å². The Morgan fingerprint density at radius 1 is 1.39 bits per heavy atom. The molecule has 0 amide bonds. The monoisotopic (exact) mass is 247 g/mol. The first-order valence-corrected chi connectivity index (χ1v) is 6.69. The van der Waals surface area contributed by atoms with Crippen molar-refractivity contribution in [3.8, 4) is 0 Å². The van der Waals surface area contributed by atoms with Gasteiger partial charge in [0.2, 0.25) is 0 Å². The van der Waals surface area contributed by atoms with E-state index in [1.165, 1.54) is 0 Å². The zero-order valence-electron chi connectivity index (χ0n) is 11.2. The quantitative estimate of drug-likeness (QED) is 0.776. The molecule has 4 nitrogen and oxygen atoms in total. The van der Waals surface area contributed by atoms with Crippen molar-refractivity contribution in [1.29, 1.82) is 0 Å². The van der Waals surface area contributed by atoms with Crippen molar-refractivity contribution < 1.29 is 4.74 Å². The number of hydrogen-bond donors (Lipinski definition) is 0. The standard InChI is InChI=1S/C14H21N3O/c1-11-4-3-5-12(15-11)8-17-9-13-14(10-17)18-7-6-16(13)2/h3-5,13-14H,6-10H2,1-2H3/t13-,14+/m1/s1. The second kappa shape index (κ2) is 4.96. The molecule has 0 N–H and O–H groups in total. The van der Waals surface area contributed by atoms with Crippen molar-refractivity contribution in [3.63, 3.8) is 0 Å². The van der Waals surface area contributed by atoms with Crippen molar-refractivity contribution in [2.45, 2.75) is 25.6 Å². The minimum Gasteiger partial charge on any atom is -0.374 e. The van der Waals surface area contributed by atoms with Gasteiger partial charge in [0.1, 0.15) is 0 Å². The highest BCUT2D eigenvalue weighted by Gasteiger charge is 2.38. The van der Waals surface area contributed by atoms with E-state index in [-0.39, 0.29) is 0 Å². The van der Waals surface area contributed by atoms with Gasteiger partial charge in [-0.25, -0.2) is 0 Å². The lowest BCUT2D eigenvalue weighted by atomic mass is 10.1. The highest BCUT2D eigenvalue weighted by atomic mass is 16.5. The van der Waals surface area contributed by atoms with Gasteiger partial charge in [0.25, 0.3) is 0 Å². The third-order valence-corrected chi connectivity index (χ3v) is 3.99. The Bertz CT molecular complexity index is 423. The van der Waals surface area contributed by atoms with Crippen LogP contribution in [0.2, 0.25) is 0 Å². The summed E-state index contributed by atoms with van der Waals surface area (Å²) >= 11 is 0. The molecule has 0 radical (unpaired) electrons. The Labute approximate surface area is 109 Å². The van der Waals surface area contributed by atoms with Gasteiger partial charge in [-0.15, -0.1) is 0 Å². The fourth-order valence-electron chi connectivity index (χ4n) is 2.98. The number of fused-ring (bicyclic) bond motifs is 1. The lowest BCUT2D eigenvalue weighted by molar-refractivity contribution is -0.0370. The molecule has 0 unspecified atom stereocenters. The molecule has 4 heteroatoms. The van der Waals surface area contributed by atoms with Gasteiger partial charge in [0.15, 0.2) is 0 Å². The van der Waals surface area contributed by atoms with Crippen LogP contribution in [0.25, 0.3) is 0 Å². The molecule has 3 heterocycles. The van der Waals surface area contributed by atoms with E-state index < -0.39 is 0 Å². The van der Waals surface area contributed by atoms with E-state index in [0.29, 0.717) is 12.1 Å². The molecular formula is C14H21N3O. The lowest BCUT2D eigenvalue weighted by Crippen LogP contribution is -2.48. The van der Waals surface area contributed by atoms with Crippen molar-refractivity contribution in [3.05, 3.63) is 29.6 Å². The Balaban J connectivity index is 1.65. The van der Waals surface area contributed by atoms with Crippen LogP contribution in [0, 0.1) is 6.92 Å². The Morgan fingerprint density at radius 3 is 3.06 bits per heavy atom. The maximum Gasteiger partial charge on any atom is 0.0869 e. The summed E-state index contributed by atoms with van der Waals surface area (Å²) in [6.45, 7) is 7.03. The van der Waals surface area contributed by atoms with Gasteiger partial charge in [-0.3, -0.25) is 14.8 Å². The number of aryl methyl sites for hydroxylation is 1. The molecule has 1 aromatic rings. The molecule has 2 aliphatic heterocycles. The van der Waals surface area contributed by atoms with E-state index in [1.807, 2.05) is 13.0 Å². The van der Waals surface area contributed by atoms with Crippen LogP contribution in [0.1, 0.15) is 11.4 Å². The van der Waals surface area contributed by atoms with Crippen LogP contribution >= 0.6 is 0 Å². The highest BCUT2D eigenvalue weighted by Crippen LogP contribution is 2.22. The summed E-state index contributed by atoms with van der Waals surface area (Å²) in [6, 6.07) is 6.80. The zero-order valence-corrected chi connectivity index (χ0v) is 11.2. The summed E-state index contributed by atoms with van der Waals surface area (Å²) in [5.74, 6) is 0. The first-order valence-electron chi connectivity index (χ1n) is 6.69. The summed E-state index contributed by atoms with van der Waals surface area (Å²) in [4.78, 5) is 9.46. The topological polar surface area (TPSA) is 28.6 Å². The maximum absolute atomic E-state index is 5.86. The average molecular weight is 247 g/mol. The summed E-state index contributed by atoms with van der Waals surface area (Å²) in [7, 11) is 2.20. The smallest absolute Gasteiger partial charge is 0.0869 e. The third-order valence-electron chi connectivity index (χ3n) is 3.99. The van der Waals surface area contributed by atoms with E-state index in [0.717, 1.165) is 44.2 Å². The Hall–Kier alpha value is -0.970. The van der Waals surface area contributed by atoms with Crippen molar-refractivity contribution >= 4 is 0 Å². The number of pyridine rings is 1. The zero-order chi connectivity index (χ0) is 12.5. The van der Waals surface area contributed by atoms with Gasteiger partial charge in [0, 0.05) is 37.9 Å². The van der Waals surface area contributed by atoms with E-state index in [1.54, 1.807) is 0 Å². The number of morpholine rings is 1. The second-order valence-corrected chi connectivity index (χ2v) is 5.42. The second-order valence-electron chi connectivity index (χ2n) is 5.42. The van der Waals surface area contributed by atoms with Crippen LogP contribution in [-0.2, 0) is 11.3 Å². The van der Waals surface area contributed by atoms with Gasteiger partial charge in [-0.2, -0.15) is 0 Å². The number of aromatic nitrogens is 1. The molecule has 2 fully saturated rings. The van der Waals surface area contributed by atoms with E-state index in [9.17, 15) is 0 Å². The molecular weight excluding hydrogens is 226 g/mol. The Morgan fingerprint density at radius 2 is 2.28 bits per heavy atom. The summed E-state index contributed by atoms with van der Waals surface area (Å²) < 4.78 is 5.86. The van der Waals surface area contributed by atoms with Crippen molar-refractivity contribution in [2.24, 2.45) is 0 Å². The molecule has 0 saturated carbocycles. The fourth-order valence-corrected chi connectivity index (χ4v) is 2.98. The number of rotatable bonds is 2. The van der Waals surface area contributed by atoms with E-state index in [4.69, 9.17) is 4.74 Å². The number of hydrogen-bond acceptors (Lipinski definition) is 4. The van der Waals surface area contributed by atoms with Crippen LogP contribution in [0.5, 0.6) is 0 Å². The van der Waals surface area contributed by atoms with Crippen LogP contribution in [0.3, 0.4) is 0 Å². The van der Waals surface area contributed by atoms with Gasteiger partial charge in [0.05, 0.1) is 18.4 Å². The third kappa shape index (κ3) is 2.41. The van der Waals surface area contributed by atoms with E-state index >= 15 is 0 Å². The normalized spacial score (nSPS) is 29.4. The van der Waals surface area contributed by atoms with Crippen molar-refractivity contribution in [1.82, 2.24) is 14.8 Å². The number of likely N-dealkylation sites (N-methyl/N-ethyl adjacent to an activating group) is 1. The maximum atomic E-state index is 5.86. The molecule has 1 aromatic heterocycles. The average Bonchev–Trinajstić information content (AvgIpc) is 2.73. The molecule has 18 heavy (non-hydrogen) atoms. The van der Waals surface area contributed by atoms with Crippen LogP contribution < -0.4 is 0 Å². The van der Waals surface area contributed by atoms with E-state index in [2.05, 4.69) is 34.0 Å². The molecule has 2 atom stereocenters. The van der Waals surface area contributed by atoms with Gasteiger partial charge in [-0.05, 0) is 26.1 Å². The van der Waals surface area contributed by atoms with Crippen LogP contribution in [0.15, 0.2) is 18.2 Å².